The highest BCUT2D eigenvalue weighted by Gasteiger charge is 2.14. The Kier molecular flexibility index (Phi) is 4.42. The second-order valence-corrected chi connectivity index (χ2v) is 5.05. The molecule has 25 heavy (non-hydrogen) atoms. The number of halogens is 1. The highest BCUT2D eigenvalue weighted by Crippen LogP contribution is 2.14. The number of phenols is 1. The van der Waals surface area contributed by atoms with Crippen molar-refractivity contribution in [1.82, 2.24) is 20.6 Å². The van der Waals surface area contributed by atoms with E-state index >= 15 is 0 Å². The van der Waals surface area contributed by atoms with Crippen LogP contribution in [0.15, 0.2) is 60.8 Å². The molecule has 0 aliphatic rings. The number of aromatic hydroxyl groups is 1. The van der Waals surface area contributed by atoms with Gasteiger partial charge < -0.3 is 5.11 Å². The molecule has 1 aromatic heterocycles. The lowest BCUT2D eigenvalue weighted by atomic mass is 10.2. The SMILES string of the molecule is O=C(NNC(=O)c1ccccc1O)c1ccn(-c2ccc(F)cc2)n1. The molecular formula is C17H13FN4O3. The molecule has 0 radical (unpaired) electrons. The highest BCUT2D eigenvalue weighted by atomic mass is 19.1. The molecule has 3 N–H and O–H groups in total. The molecule has 0 saturated heterocycles. The molecular weight excluding hydrogens is 327 g/mol. The maximum absolute atomic E-state index is 12.9. The molecule has 0 aliphatic heterocycles. The van der Waals surface area contributed by atoms with Crippen molar-refractivity contribution in [2.75, 3.05) is 0 Å². The first-order valence-corrected chi connectivity index (χ1v) is 7.25. The van der Waals surface area contributed by atoms with E-state index in [9.17, 15) is 19.1 Å². The summed E-state index contributed by atoms with van der Waals surface area (Å²) in [7, 11) is 0. The van der Waals surface area contributed by atoms with E-state index in [0.717, 1.165) is 0 Å². The minimum atomic E-state index is -0.663. The van der Waals surface area contributed by atoms with Gasteiger partial charge in [-0.25, -0.2) is 9.07 Å². The summed E-state index contributed by atoms with van der Waals surface area (Å²) in [6.07, 6.45) is 1.53. The number of nitrogens with one attached hydrogen (secondary N) is 2. The molecule has 2 aromatic carbocycles. The number of benzene rings is 2. The molecule has 0 bridgehead atoms. The van der Waals surface area contributed by atoms with E-state index < -0.39 is 11.8 Å². The Balaban J connectivity index is 1.65. The zero-order chi connectivity index (χ0) is 17.8. The predicted octanol–water partition coefficient (Wildman–Crippen LogP) is 1.79. The van der Waals surface area contributed by atoms with Crippen LogP contribution in [0.25, 0.3) is 5.69 Å². The average Bonchev–Trinajstić information content (AvgIpc) is 3.10. The molecule has 126 valence electrons. The number of hydrogen-bond acceptors (Lipinski definition) is 4. The lowest BCUT2D eigenvalue weighted by molar-refractivity contribution is 0.0842. The van der Waals surface area contributed by atoms with Gasteiger partial charge in [0, 0.05) is 6.20 Å². The van der Waals surface area contributed by atoms with Crippen LogP contribution in [0.4, 0.5) is 4.39 Å². The molecule has 0 unspecified atom stereocenters. The van der Waals surface area contributed by atoms with Crippen LogP contribution in [0, 0.1) is 5.82 Å². The number of phenolic OH excluding ortho intramolecular Hbond substituents is 1. The van der Waals surface area contributed by atoms with Crippen LogP contribution in [0.1, 0.15) is 20.8 Å². The number of para-hydroxylation sites is 1. The van der Waals surface area contributed by atoms with Gasteiger partial charge >= 0.3 is 0 Å². The molecule has 0 spiro atoms. The van der Waals surface area contributed by atoms with Crippen molar-refractivity contribution in [3.63, 3.8) is 0 Å². The van der Waals surface area contributed by atoms with Gasteiger partial charge in [0.1, 0.15) is 11.6 Å². The Labute approximate surface area is 141 Å². The fourth-order valence-electron chi connectivity index (χ4n) is 2.09. The molecule has 0 fully saturated rings. The summed E-state index contributed by atoms with van der Waals surface area (Å²) < 4.78 is 14.3. The third-order valence-electron chi connectivity index (χ3n) is 3.35. The molecule has 7 nitrogen and oxygen atoms in total. The first-order valence-electron chi connectivity index (χ1n) is 7.25. The van der Waals surface area contributed by atoms with E-state index in [4.69, 9.17) is 0 Å². The maximum atomic E-state index is 12.9. The van der Waals surface area contributed by atoms with Gasteiger partial charge in [0.2, 0.25) is 0 Å². The zero-order valence-electron chi connectivity index (χ0n) is 12.8. The van der Waals surface area contributed by atoms with Crippen molar-refractivity contribution in [3.05, 3.63) is 77.9 Å². The number of aromatic nitrogens is 2. The molecule has 0 atom stereocenters. The van der Waals surface area contributed by atoms with E-state index in [1.807, 2.05) is 0 Å². The average molecular weight is 340 g/mol. The van der Waals surface area contributed by atoms with Crippen LogP contribution in [-0.4, -0.2) is 26.7 Å². The molecule has 0 saturated carbocycles. The van der Waals surface area contributed by atoms with Gasteiger partial charge in [0.25, 0.3) is 11.8 Å². The molecule has 3 rings (SSSR count). The largest absolute Gasteiger partial charge is 0.507 e. The number of carbonyl (C=O) groups excluding carboxylic acids is 2. The highest BCUT2D eigenvalue weighted by molar-refractivity contribution is 5.99. The van der Waals surface area contributed by atoms with Gasteiger partial charge in [-0.3, -0.25) is 20.4 Å². The summed E-state index contributed by atoms with van der Waals surface area (Å²) >= 11 is 0. The van der Waals surface area contributed by atoms with Crippen LogP contribution in [0.3, 0.4) is 0 Å². The summed E-state index contributed by atoms with van der Waals surface area (Å²) in [5.74, 6) is -1.87. The Morgan fingerprint density at radius 3 is 2.36 bits per heavy atom. The molecule has 0 aliphatic carbocycles. The Bertz CT molecular complexity index is 922. The second-order valence-electron chi connectivity index (χ2n) is 5.05. The molecule has 8 heteroatoms. The number of hydrogen-bond donors (Lipinski definition) is 3. The smallest absolute Gasteiger partial charge is 0.290 e. The van der Waals surface area contributed by atoms with Crippen LogP contribution in [0.5, 0.6) is 5.75 Å². The van der Waals surface area contributed by atoms with Gasteiger partial charge in [0.15, 0.2) is 5.69 Å². The summed E-state index contributed by atoms with van der Waals surface area (Å²) in [5, 5.41) is 13.7. The third kappa shape index (κ3) is 3.63. The molecule has 2 amide bonds. The maximum Gasteiger partial charge on any atom is 0.290 e. The van der Waals surface area contributed by atoms with Gasteiger partial charge in [-0.1, -0.05) is 12.1 Å². The Morgan fingerprint density at radius 1 is 0.960 bits per heavy atom. The van der Waals surface area contributed by atoms with E-state index in [1.165, 1.54) is 53.3 Å². The minimum Gasteiger partial charge on any atom is -0.507 e. The van der Waals surface area contributed by atoms with E-state index in [1.54, 1.807) is 12.1 Å². The van der Waals surface area contributed by atoms with Crippen LogP contribution in [0.2, 0.25) is 0 Å². The van der Waals surface area contributed by atoms with Crippen molar-refractivity contribution >= 4 is 11.8 Å². The standard InChI is InChI=1S/C17H13FN4O3/c18-11-5-7-12(8-6-11)22-10-9-14(21-22)17(25)20-19-16(24)13-3-1-2-4-15(13)23/h1-10,23H,(H,19,24)(H,20,25). The number of hydrazine groups is 1. The van der Waals surface area contributed by atoms with Crippen molar-refractivity contribution in [2.45, 2.75) is 0 Å². The molecule has 1 heterocycles. The topological polar surface area (TPSA) is 96.3 Å². The minimum absolute atomic E-state index is 0.0274. The normalized spacial score (nSPS) is 10.3. The van der Waals surface area contributed by atoms with Crippen LogP contribution in [-0.2, 0) is 0 Å². The summed E-state index contributed by atoms with van der Waals surface area (Å²) in [5.41, 5.74) is 5.08. The molecule has 3 aromatic rings. The zero-order valence-corrected chi connectivity index (χ0v) is 12.8. The fourth-order valence-corrected chi connectivity index (χ4v) is 2.09. The summed E-state index contributed by atoms with van der Waals surface area (Å²) in [4.78, 5) is 24.0. The summed E-state index contributed by atoms with van der Waals surface area (Å²) in [6, 6.07) is 13.0. The van der Waals surface area contributed by atoms with Crippen LogP contribution >= 0.6 is 0 Å². The van der Waals surface area contributed by atoms with Gasteiger partial charge in [-0.05, 0) is 42.5 Å². The number of nitrogens with zero attached hydrogens (tertiary/aromatic N) is 2. The Morgan fingerprint density at radius 2 is 1.64 bits per heavy atom. The van der Waals surface area contributed by atoms with Crippen LogP contribution < -0.4 is 10.9 Å². The van der Waals surface area contributed by atoms with Crippen molar-refractivity contribution in [1.29, 1.82) is 0 Å². The number of amides is 2. The van der Waals surface area contributed by atoms with Gasteiger partial charge in [0.05, 0.1) is 11.3 Å². The van der Waals surface area contributed by atoms with E-state index in [2.05, 4.69) is 16.0 Å². The first kappa shape index (κ1) is 16.2. The fraction of sp³-hybridized carbons (Fsp3) is 0. The van der Waals surface area contributed by atoms with Crippen molar-refractivity contribution in [3.8, 4) is 11.4 Å². The number of rotatable bonds is 3. The third-order valence-corrected chi connectivity index (χ3v) is 3.35. The summed E-state index contributed by atoms with van der Waals surface area (Å²) in [6.45, 7) is 0. The quantitative estimate of drug-likeness (QED) is 0.633. The van der Waals surface area contributed by atoms with Crippen molar-refractivity contribution in [2.24, 2.45) is 0 Å². The van der Waals surface area contributed by atoms with Gasteiger partial charge in [-0.2, -0.15) is 5.10 Å². The monoisotopic (exact) mass is 340 g/mol. The number of carbonyl (C=O) groups is 2. The van der Waals surface area contributed by atoms with E-state index in [-0.39, 0.29) is 22.8 Å². The van der Waals surface area contributed by atoms with Crippen molar-refractivity contribution < 1.29 is 19.1 Å². The van der Waals surface area contributed by atoms with Gasteiger partial charge in [-0.15, -0.1) is 0 Å². The Hall–Kier alpha value is -3.68. The second kappa shape index (κ2) is 6.83. The van der Waals surface area contributed by atoms with E-state index in [0.29, 0.717) is 5.69 Å². The first-order chi connectivity index (χ1) is 12.0. The lowest BCUT2D eigenvalue weighted by Crippen LogP contribution is -2.41. The predicted molar refractivity (Wildman–Crippen MR) is 86.6 cm³/mol. The lowest BCUT2D eigenvalue weighted by Gasteiger charge is -2.07.